The molecule has 1 aliphatic rings. The Bertz CT molecular complexity index is 1670. The topological polar surface area (TPSA) is 137 Å². The lowest BCUT2D eigenvalue weighted by atomic mass is 9.95. The van der Waals surface area contributed by atoms with E-state index in [0.717, 1.165) is 5.56 Å². The number of nitrogens with zero attached hydrogens (tertiary/aromatic N) is 1. The molecule has 3 N–H and O–H groups in total. The van der Waals surface area contributed by atoms with Crippen molar-refractivity contribution in [3.63, 3.8) is 0 Å². The molecule has 0 aliphatic carbocycles. The van der Waals surface area contributed by atoms with Gasteiger partial charge in [-0.1, -0.05) is 30.3 Å². The maximum atomic E-state index is 14.0. The molecule has 0 bridgehead atoms. The SMILES string of the molecule is C=CCc1cc(/C=N\NC(=O)COc2ccc([C@H]3NC(=O)NC(C)=C3C(=O)OCC)cc2OC)ccc1OCc1ccccc1F. The number of ether oxygens (including phenoxy) is 4. The average molecular weight is 631 g/mol. The molecule has 4 rings (SSSR count). The number of hydrazone groups is 1. The van der Waals surface area contributed by atoms with Crippen molar-refractivity contribution in [3.8, 4) is 17.2 Å². The molecule has 0 radical (unpaired) electrons. The van der Waals surface area contributed by atoms with Gasteiger partial charge in [0.15, 0.2) is 18.1 Å². The molecule has 0 saturated carbocycles. The summed E-state index contributed by atoms with van der Waals surface area (Å²) in [4.78, 5) is 37.3. The molecular formula is C34H35FN4O7. The Kier molecular flexibility index (Phi) is 11.5. The van der Waals surface area contributed by atoms with Crippen LogP contribution in [0.5, 0.6) is 17.2 Å². The van der Waals surface area contributed by atoms with Crippen LogP contribution in [0.15, 0.2) is 89.7 Å². The molecule has 0 saturated heterocycles. The number of urea groups is 1. The highest BCUT2D eigenvalue weighted by molar-refractivity contribution is 5.95. The first kappa shape index (κ1) is 33.2. The fourth-order valence-corrected chi connectivity index (χ4v) is 4.67. The molecular weight excluding hydrogens is 595 g/mol. The largest absolute Gasteiger partial charge is 0.493 e. The zero-order valence-corrected chi connectivity index (χ0v) is 25.7. The van der Waals surface area contributed by atoms with Gasteiger partial charge in [0.25, 0.3) is 5.91 Å². The Balaban J connectivity index is 1.37. The molecule has 0 aromatic heterocycles. The van der Waals surface area contributed by atoms with Gasteiger partial charge in [0.05, 0.1) is 31.5 Å². The number of methoxy groups -OCH3 is 1. The molecule has 3 amide bonds. The van der Waals surface area contributed by atoms with Crippen LogP contribution in [0.3, 0.4) is 0 Å². The van der Waals surface area contributed by atoms with Crippen molar-refractivity contribution >= 4 is 24.1 Å². The number of rotatable bonds is 14. The molecule has 0 spiro atoms. The van der Waals surface area contributed by atoms with Gasteiger partial charge in [-0.3, -0.25) is 4.79 Å². The fourth-order valence-electron chi connectivity index (χ4n) is 4.67. The van der Waals surface area contributed by atoms with Crippen molar-refractivity contribution in [3.05, 3.63) is 113 Å². The summed E-state index contributed by atoms with van der Waals surface area (Å²) in [5.41, 5.74) is 5.58. The minimum atomic E-state index is -0.784. The van der Waals surface area contributed by atoms with E-state index < -0.39 is 23.9 Å². The van der Waals surface area contributed by atoms with E-state index in [1.165, 1.54) is 19.4 Å². The number of hydrogen-bond donors (Lipinski definition) is 3. The van der Waals surface area contributed by atoms with E-state index in [9.17, 15) is 18.8 Å². The summed E-state index contributed by atoms with van der Waals surface area (Å²) in [6, 6.07) is 15.4. The number of esters is 1. The molecule has 3 aromatic rings. The Labute approximate surface area is 266 Å². The van der Waals surface area contributed by atoms with Crippen LogP contribution in [-0.2, 0) is 27.4 Å². The van der Waals surface area contributed by atoms with Crippen molar-refractivity contribution in [2.45, 2.75) is 32.9 Å². The fraction of sp³-hybridized carbons (Fsp3) is 0.235. The molecule has 0 fully saturated rings. The molecule has 1 atom stereocenters. The molecule has 12 heteroatoms. The van der Waals surface area contributed by atoms with Crippen LogP contribution in [0.1, 0.15) is 42.1 Å². The second-order valence-corrected chi connectivity index (χ2v) is 10.0. The normalized spacial score (nSPS) is 14.3. The van der Waals surface area contributed by atoms with Gasteiger partial charge in [0.1, 0.15) is 18.2 Å². The quantitative estimate of drug-likeness (QED) is 0.100. The highest BCUT2D eigenvalue weighted by atomic mass is 19.1. The summed E-state index contributed by atoms with van der Waals surface area (Å²) in [7, 11) is 1.43. The van der Waals surface area contributed by atoms with Crippen molar-refractivity contribution < 1.29 is 37.7 Å². The highest BCUT2D eigenvalue weighted by Crippen LogP contribution is 2.34. The van der Waals surface area contributed by atoms with E-state index >= 15 is 0 Å². The smallest absolute Gasteiger partial charge is 0.338 e. The van der Waals surface area contributed by atoms with Crippen LogP contribution < -0.4 is 30.3 Å². The Hall–Kier alpha value is -5.65. The zero-order chi connectivity index (χ0) is 33.1. The number of carbonyl (C=O) groups is 3. The van der Waals surface area contributed by atoms with E-state index in [4.69, 9.17) is 18.9 Å². The minimum Gasteiger partial charge on any atom is -0.493 e. The summed E-state index contributed by atoms with van der Waals surface area (Å²) >= 11 is 0. The maximum absolute atomic E-state index is 14.0. The molecule has 1 aliphatic heterocycles. The molecule has 46 heavy (non-hydrogen) atoms. The van der Waals surface area contributed by atoms with Gasteiger partial charge in [-0.2, -0.15) is 5.10 Å². The second kappa shape index (κ2) is 15.9. The van der Waals surface area contributed by atoms with E-state index in [2.05, 4.69) is 27.7 Å². The van der Waals surface area contributed by atoms with Crippen LogP contribution in [0.4, 0.5) is 9.18 Å². The summed E-state index contributed by atoms with van der Waals surface area (Å²) in [6.07, 6.45) is 3.72. The summed E-state index contributed by atoms with van der Waals surface area (Å²) in [5.74, 6) is -0.277. The lowest BCUT2D eigenvalue weighted by molar-refractivity contribution is -0.139. The molecule has 11 nitrogen and oxygen atoms in total. The average Bonchev–Trinajstić information content (AvgIpc) is 3.04. The number of halogens is 1. The predicted molar refractivity (Wildman–Crippen MR) is 169 cm³/mol. The Morgan fingerprint density at radius 3 is 2.57 bits per heavy atom. The Morgan fingerprint density at radius 2 is 1.83 bits per heavy atom. The Morgan fingerprint density at radius 1 is 1.04 bits per heavy atom. The molecule has 240 valence electrons. The second-order valence-electron chi connectivity index (χ2n) is 10.0. The summed E-state index contributed by atoms with van der Waals surface area (Å²) < 4.78 is 36.1. The standard InChI is InChI=1S/C34H35FN4O7/c1-5-9-23-16-22(12-14-27(23)45-19-25-10-7-8-11-26(25)35)18-36-39-30(40)20-46-28-15-13-24(17-29(28)43-4)32-31(33(41)44-6-2)21(3)37-34(42)38-32/h5,7-8,10-18,32H,1,6,9,19-20H2,2-4H3,(H,39,40)(H2,37,38,42)/b36-18-/t32-/m1/s1. The van der Waals surface area contributed by atoms with Crippen LogP contribution in [0, 0.1) is 5.82 Å². The van der Waals surface area contributed by atoms with Gasteiger partial charge in [0, 0.05) is 11.3 Å². The zero-order valence-electron chi connectivity index (χ0n) is 25.7. The van der Waals surface area contributed by atoms with Crippen molar-refractivity contribution in [2.75, 3.05) is 20.3 Å². The number of amides is 3. The lowest BCUT2D eigenvalue weighted by Gasteiger charge is -2.28. The number of nitrogens with one attached hydrogen (secondary N) is 3. The number of carbonyl (C=O) groups excluding carboxylic acids is 3. The lowest BCUT2D eigenvalue weighted by Crippen LogP contribution is -2.45. The van der Waals surface area contributed by atoms with Gasteiger partial charge in [-0.05, 0) is 73.4 Å². The van der Waals surface area contributed by atoms with Crippen LogP contribution in [0.25, 0.3) is 0 Å². The third-order valence-electron chi connectivity index (χ3n) is 6.84. The first-order valence-electron chi connectivity index (χ1n) is 14.4. The third-order valence-corrected chi connectivity index (χ3v) is 6.84. The van der Waals surface area contributed by atoms with Gasteiger partial charge >= 0.3 is 12.0 Å². The van der Waals surface area contributed by atoms with E-state index in [1.54, 1.807) is 68.5 Å². The molecule has 3 aromatic carbocycles. The summed E-state index contributed by atoms with van der Waals surface area (Å²) in [6.45, 7) is 6.98. The van der Waals surface area contributed by atoms with Crippen LogP contribution in [-0.4, -0.2) is 44.4 Å². The third kappa shape index (κ3) is 8.50. The highest BCUT2D eigenvalue weighted by Gasteiger charge is 2.32. The van der Waals surface area contributed by atoms with Gasteiger partial charge in [-0.25, -0.2) is 19.4 Å². The van der Waals surface area contributed by atoms with E-state index in [1.807, 2.05) is 6.07 Å². The monoisotopic (exact) mass is 630 g/mol. The van der Waals surface area contributed by atoms with Crippen molar-refractivity contribution in [1.82, 2.24) is 16.1 Å². The first-order valence-corrected chi connectivity index (χ1v) is 14.4. The van der Waals surface area contributed by atoms with Gasteiger partial charge < -0.3 is 29.6 Å². The predicted octanol–water partition coefficient (Wildman–Crippen LogP) is 4.86. The number of allylic oxidation sites excluding steroid dienone is 2. The number of hydrogen-bond acceptors (Lipinski definition) is 8. The first-order chi connectivity index (χ1) is 22.2. The van der Waals surface area contributed by atoms with Crippen molar-refractivity contribution in [2.24, 2.45) is 5.10 Å². The molecule has 1 heterocycles. The van der Waals surface area contributed by atoms with Gasteiger partial charge in [0.2, 0.25) is 0 Å². The van der Waals surface area contributed by atoms with E-state index in [0.29, 0.717) is 34.6 Å². The van der Waals surface area contributed by atoms with E-state index in [-0.39, 0.29) is 42.7 Å². The van der Waals surface area contributed by atoms with Gasteiger partial charge in [-0.15, -0.1) is 6.58 Å². The summed E-state index contributed by atoms with van der Waals surface area (Å²) in [5, 5.41) is 9.33. The number of benzene rings is 3. The maximum Gasteiger partial charge on any atom is 0.338 e. The molecule has 0 unspecified atom stereocenters. The van der Waals surface area contributed by atoms with Crippen LogP contribution in [0.2, 0.25) is 0 Å². The minimum absolute atomic E-state index is 0.0772. The van der Waals surface area contributed by atoms with Crippen molar-refractivity contribution in [1.29, 1.82) is 0 Å². The van der Waals surface area contributed by atoms with Crippen LogP contribution >= 0.6 is 0 Å².